The van der Waals surface area contributed by atoms with Crippen LogP contribution in [0, 0.1) is 5.92 Å². The van der Waals surface area contributed by atoms with Gasteiger partial charge >= 0.3 is 0 Å². The second kappa shape index (κ2) is 3.81. The van der Waals surface area contributed by atoms with E-state index in [1.165, 1.54) is 0 Å². The highest BCUT2D eigenvalue weighted by atomic mass is 79.9. The van der Waals surface area contributed by atoms with Crippen molar-refractivity contribution in [1.29, 1.82) is 0 Å². The monoisotopic (exact) mass is 227 g/mol. The number of aromatic nitrogens is 1. The van der Waals surface area contributed by atoms with E-state index >= 15 is 0 Å². The maximum Gasteiger partial charge on any atom is 0.183 e. The van der Waals surface area contributed by atoms with E-state index in [0.29, 0.717) is 5.69 Å². The minimum atomic E-state index is 0.0127. The van der Waals surface area contributed by atoms with E-state index in [1.54, 1.807) is 12.3 Å². The van der Waals surface area contributed by atoms with Crippen LogP contribution in [0.4, 0.5) is 0 Å². The largest absolute Gasteiger partial charge is 0.292 e. The Morgan fingerprint density at radius 1 is 1.50 bits per heavy atom. The van der Waals surface area contributed by atoms with Crippen LogP contribution in [0.15, 0.2) is 22.8 Å². The SMILES string of the molecule is CC(C)C(=O)c1ccc(Br)cn1. The number of Topliss-reactive ketones (excluding diaryl/α,β-unsaturated/α-hetero) is 1. The molecule has 0 unspecified atom stereocenters. The molecule has 0 bridgehead atoms. The van der Waals surface area contributed by atoms with Gasteiger partial charge in [-0.1, -0.05) is 13.8 Å². The Morgan fingerprint density at radius 3 is 2.58 bits per heavy atom. The summed E-state index contributed by atoms with van der Waals surface area (Å²) in [5.41, 5.74) is 0.535. The summed E-state index contributed by atoms with van der Waals surface area (Å²) in [6, 6.07) is 3.55. The van der Waals surface area contributed by atoms with E-state index in [9.17, 15) is 4.79 Å². The fourth-order valence-corrected chi connectivity index (χ4v) is 1.05. The Morgan fingerprint density at radius 2 is 2.17 bits per heavy atom. The van der Waals surface area contributed by atoms with Crippen LogP contribution in [-0.2, 0) is 0 Å². The molecule has 1 aromatic heterocycles. The van der Waals surface area contributed by atoms with Crippen LogP contribution in [-0.4, -0.2) is 10.8 Å². The van der Waals surface area contributed by atoms with E-state index in [-0.39, 0.29) is 11.7 Å². The first-order chi connectivity index (χ1) is 5.61. The molecule has 0 amide bonds. The average Bonchev–Trinajstić information content (AvgIpc) is 2.04. The molecule has 0 aliphatic rings. The third-order valence-corrected chi connectivity index (χ3v) is 1.97. The topological polar surface area (TPSA) is 30.0 Å². The number of nitrogens with zero attached hydrogens (tertiary/aromatic N) is 1. The van der Waals surface area contributed by atoms with Crippen molar-refractivity contribution < 1.29 is 4.79 Å². The molecule has 64 valence electrons. The van der Waals surface area contributed by atoms with Crippen molar-refractivity contribution in [2.45, 2.75) is 13.8 Å². The number of carbonyl (C=O) groups is 1. The van der Waals surface area contributed by atoms with Crippen LogP contribution in [0.25, 0.3) is 0 Å². The molecule has 3 heteroatoms. The lowest BCUT2D eigenvalue weighted by Gasteiger charge is -2.01. The normalized spacial score (nSPS) is 10.3. The first-order valence-corrected chi connectivity index (χ1v) is 4.56. The molecule has 0 fully saturated rings. The van der Waals surface area contributed by atoms with E-state index in [0.717, 1.165) is 4.47 Å². The van der Waals surface area contributed by atoms with E-state index in [4.69, 9.17) is 0 Å². The molecule has 0 saturated carbocycles. The number of ketones is 1. The molecule has 1 aromatic rings. The molecule has 0 radical (unpaired) electrons. The van der Waals surface area contributed by atoms with Crippen molar-refractivity contribution >= 4 is 21.7 Å². The fraction of sp³-hybridized carbons (Fsp3) is 0.333. The molecule has 0 N–H and O–H groups in total. The lowest BCUT2D eigenvalue weighted by Crippen LogP contribution is -2.08. The van der Waals surface area contributed by atoms with Crippen LogP contribution in [0.3, 0.4) is 0 Å². The average molecular weight is 228 g/mol. The zero-order chi connectivity index (χ0) is 9.14. The van der Waals surface area contributed by atoms with Gasteiger partial charge in [-0.25, -0.2) is 0 Å². The number of carbonyl (C=O) groups excluding carboxylic acids is 1. The summed E-state index contributed by atoms with van der Waals surface area (Å²) >= 11 is 3.26. The van der Waals surface area contributed by atoms with Gasteiger partial charge in [0.25, 0.3) is 0 Å². The summed E-state index contributed by atoms with van der Waals surface area (Å²) in [4.78, 5) is 15.4. The number of halogens is 1. The lowest BCUT2D eigenvalue weighted by atomic mass is 10.1. The predicted octanol–water partition coefficient (Wildman–Crippen LogP) is 2.68. The Hall–Kier alpha value is -0.700. The van der Waals surface area contributed by atoms with Gasteiger partial charge in [0.15, 0.2) is 5.78 Å². The summed E-state index contributed by atoms with van der Waals surface area (Å²) in [5.74, 6) is 0.0983. The molecule has 2 nitrogen and oxygen atoms in total. The molecular weight excluding hydrogens is 218 g/mol. The van der Waals surface area contributed by atoms with Gasteiger partial charge in [0.1, 0.15) is 5.69 Å². The summed E-state index contributed by atoms with van der Waals surface area (Å²) in [6.07, 6.45) is 1.63. The fourth-order valence-electron chi connectivity index (χ4n) is 0.817. The van der Waals surface area contributed by atoms with Crippen LogP contribution < -0.4 is 0 Å². The predicted molar refractivity (Wildman–Crippen MR) is 51.1 cm³/mol. The molecule has 0 aliphatic heterocycles. The highest BCUT2D eigenvalue weighted by molar-refractivity contribution is 9.10. The standard InChI is InChI=1S/C9H10BrNO/c1-6(2)9(12)8-4-3-7(10)5-11-8/h3-6H,1-2H3. The zero-order valence-corrected chi connectivity index (χ0v) is 8.63. The molecule has 0 aliphatic carbocycles. The Kier molecular flexibility index (Phi) is 2.98. The molecule has 0 spiro atoms. The molecule has 0 aromatic carbocycles. The Balaban J connectivity index is 2.90. The van der Waals surface area contributed by atoms with E-state index < -0.39 is 0 Å². The maximum atomic E-state index is 11.4. The highest BCUT2D eigenvalue weighted by Crippen LogP contribution is 2.10. The molecule has 1 heterocycles. The Bertz CT molecular complexity index is 279. The summed E-state index contributed by atoms with van der Waals surface area (Å²) in [6.45, 7) is 3.73. The van der Waals surface area contributed by atoms with Crippen LogP contribution in [0.2, 0.25) is 0 Å². The van der Waals surface area contributed by atoms with Gasteiger partial charge in [0, 0.05) is 16.6 Å². The first kappa shape index (κ1) is 9.39. The molecule has 12 heavy (non-hydrogen) atoms. The van der Waals surface area contributed by atoms with Crippen molar-refractivity contribution in [1.82, 2.24) is 4.98 Å². The van der Waals surface area contributed by atoms with Crippen molar-refractivity contribution in [3.8, 4) is 0 Å². The van der Waals surface area contributed by atoms with Gasteiger partial charge in [-0.3, -0.25) is 9.78 Å². The molecule has 0 atom stereocenters. The molecule has 1 rings (SSSR count). The van der Waals surface area contributed by atoms with Crippen molar-refractivity contribution in [3.05, 3.63) is 28.5 Å². The summed E-state index contributed by atoms with van der Waals surface area (Å²) < 4.78 is 0.891. The third kappa shape index (κ3) is 2.14. The number of hydrogen-bond donors (Lipinski definition) is 0. The van der Waals surface area contributed by atoms with Crippen molar-refractivity contribution in [3.63, 3.8) is 0 Å². The second-order valence-electron chi connectivity index (χ2n) is 2.88. The molecular formula is C9H10BrNO. The number of pyridine rings is 1. The highest BCUT2D eigenvalue weighted by Gasteiger charge is 2.10. The van der Waals surface area contributed by atoms with Gasteiger partial charge in [0.2, 0.25) is 0 Å². The quantitative estimate of drug-likeness (QED) is 0.728. The lowest BCUT2D eigenvalue weighted by molar-refractivity contribution is 0.0934. The van der Waals surface area contributed by atoms with Gasteiger partial charge in [-0.15, -0.1) is 0 Å². The first-order valence-electron chi connectivity index (χ1n) is 3.77. The van der Waals surface area contributed by atoms with E-state index in [2.05, 4.69) is 20.9 Å². The van der Waals surface area contributed by atoms with Gasteiger partial charge in [0.05, 0.1) is 0 Å². The smallest absolute Gasteiger partial charge is 0.183 e. The van der Waals surface area contributed by atoms with Gasteiger partial charge in [-0.05, 0) is 28.1 Å². The molecule has 0 saturated heterocycles. The van der Waals surface area contributed by atoms with E-state index in [1.807, 2.05) is 19.9 Å². The zero-order valence-electron chi connectivity index (χ0n) is 7.04. The van der Waals surface area contributed by atoms with Gasteiger partial charge < -0.3 is 0 Å². The van der Waals surface area contributed by atoms with Crippen LogP contribution in [0.5, 0.6) is 0 Å². The second-order valence-corrected chi connectivity index (χ2v) is 3.80. The van der Waals surface area contributed by atoms with Crippen LogP contribution in [0.1, 0.15) is 24.3 Å². The van der Waals surface area contributed by atoms with Crippen molar-refractivity contribution in [2.75, 3.05) is 0 Å². The summed E-state index contributed by atoms with van der Waals surface area (Å²) in [5, 5.41) is 0. The minimum absolute atomic E-state index is 0.0127. The van der Waals surface area contributed by atoms with Crippen molar-refractivity contribution in [2.24, 2.45) is 5.92 Å². The number of rotatable bonds is 2. The number of hydrogen-bond acceptors (Lipinski definition) is 2. The Labute approximate surface area is 80.1 Å². The summed E-state index contributed by atoms with van der Waals surface area (Å²) in [7, 11) is 0. The van der Waals surface area contributed by atoms with Gasteiger partial charge in [-0.2, -0.15) is 0 Å². The van der Waals surface area contributed by atoms with Crippen LogP contribution >= 0.6 is 15.9 Å². The minimum Gasteiger partial charge on any atom is -0.292 e. The maximum absolute atomic E-state index is 11.4. The third-order valence-electron chi connectivity index (χ3n) is 1.50.